The predicted octanol–water partition coefficient (Wildman–Crippen LogP) is 2.43. The second-order valence-corrected chi connectivity index (χ2v) is 7.92. The minimum absolute atomic E-state index is 0.0144. The number of carbonyl (C=O) groups is 2. The molecule has 0 saturated carbocycles. The molecule has 186 valence electrons. The van der Waals surface area contributed by atoms with E-state index in [9.17, 15) is 22.8 Å². The first-order valence-corrected chi connectivity index (χ1v) is 10.6. The van der Waals surface area contributed by atoms with Crippen molar-refractivity contribution in [2.24, 2.45) is 13.0 Å². The third-order valence-electron chi connectivity index (χ3n) is 5.32. The summed E-state index contributed by atoms with van der Waals surface area (Å²) in [4.78, 5) is 34.9. The summed E-state index contributed by atoms with van der Waals surface area (Å²) in [6.45, 7) is -0.942. The summed E-state index contributed by atoms with van der Waals surface area (Å²) in [5.41, 5.74) is 0.535. The van der Waals surface area contributed by atoms with Crippen LogP contribution in [0.3, 0.4) is 0 Å². The maximum absolute atomic E-state index is 12.8. The standard InChI is InChI=1S/C21H22F3N7O4/c1-30-9-14(17(29-30)31-6-3-12(4-7-32)20(31)34)27-18(33)15-10-35-19(28-15)13-2-5-25-16(8-13)26-11-21(22,23)24/h2,5,8-10,12,32H,3-4,6-7,11H2,1H3,(H,25,26)(H,27,33). The largest absolute Gasteiger partial charge is 0.444 e. The second-order valence-electron chi connectivity index (χ2n) is 7.92. The number of carbonyl (C=O) groups excluding carboxylic acids is 2. The number of hydrogen-bond donors (Lipinski definition) is 3. The van der Waals surface area contributed by atoms with Crippen LogP contribution in [0, 0.1) is 5.92 Å². The van der Waals surface area contributed by atoms with Crippen molar-refractivity contribution in [3.05, 3.63) is 36.5 Å². The maximum atomic E-state index is 12.8. The van der Waals surface area contributed by atoms with E-state index in [1.807, 2.05) is 0 Å². The molecule has 1 aliphatic rings. The van der Waals surface area contributed by atoms with E-state index in [0.717, 1.165) is 6.26 Å². The molecule has 3 aromatic heterocycles. The number of oxazole rings is 1. The van der Waals surface area contributed by atoms with Crippen molar-refractivity contribution in [3.63, 3.8) is 0 Å². The van der Waals surface area contributed by atoms with Gasteiger partial charge in [-0.05, 0) is 25.0 Å². The lowest BCUT2D eigenvalue weighted by atomic mass is 10.1. The highest BCUT2D eigenvalue weighted by Crippen LogP contribution is 2.31. The van der Waals surface area contributed by atoms with Crippen LogP contribution in [0.25, 0.3) is 11.5 Å². The summed E-state index contributed by atoms with van der Waals surface area (Å²) in [6, 6.07) is 2.80. The summed E-state index contributed by atoms with van der Waals surface area (Å²) in [5.74, 6) is -0.842. The van der Waals surface area contributed by atoms with Crippen LogP contribution in [0.1, 0.15) is 23.3 Å². The third-order valence-corrected chi connectivity index (χ3v) is 5.32. The zero-order valence-corrected chi connectivity index (χ0v) is 18.5. The van der Waals surface area contributed by atoms with Crippen molar-refractivity contribution in [3.8, 4) is 11.5 Å². The van der Waals surface area contributed by atoms with Crippen LogP contribution < -0.4 is 15.5 Å². The van der Waals surface area contributed by atoms with Crippen molar-refractivity contribution in [2.75, 3.05) is 35.2 Å². The molecule has 1 atom stereocenters. The first-order valence-electron chi connectivity index (χ1n) is 10.6. The van der Waals surface area contributed by atoms with Crippen LogP contribution in [-0.4, -0.2) is 62.5 Å². The molecule has 0 bridgehead atoms. The molecule has 0 aliphatic carbocycles. The topological polar surface area (TPSA) is 138 Å². The van der Waals surface area contributed by atoms with E-state index in [1.165, 1.54) is 27.9 Å². The zero-order chi connectivity index (χ0) is 25.2. The number of nitrogens with one attached hydrogen (secondary N) is 2. The molecule has 11 nitrogen and oxygen atoms in total. The van der Waals surface area contributed by atoms with Crippen LogP contribution in [0.2, 0.25) is 0 Å². The van der Waals surface area contributed by atoms with E-state index in [4.69, 9.17) is 9.52 Å². The van der Waals surface area contributed by atoms with Crippen LogP contribution in [-0.2, 0) is 11.8 Å². The van der Waals surface area contributed by atoms with Crippen molar-refractivity contribution in [2.45, 2.75) is 19.0 Å². The average molecular weight is 493 g/mol. The number of alkyl halides is 3. The summed E-state index contributed by atoms with van der Waals surface area (Å²) in [6.07, 6.45) is 0.466. The Hall–Kier alpha value is -3.94. The quantitative estimate of drug-likeness (QED) is 0.435. The molecule has 1 aliphatic heterocycles. The van der Waals surface area contributed by atoms with Gasteiger partial charge in [0.15, 0.2) is 11.5 Å². The zero-order valence-electron chi connectivity index (χ0n) is 18.5. The molecule has 0 aromatic carbocycles. The van der Waals surface area contributed by atoms with Crippen molar-refractivity contribution < 1.29 is 32.3 Å². The van der Waals surface area contributed by atoms with Gasteiger partial charge < -0.3 is 20.2 Å². The number of amides is 2. The van der Waals surface area contributed by atoms with Crippen molar-refractivity contribution in [1.29, 1.82) is 0 Å². The summed E-state index contributed by atoms with van der Waals surface area (Å²) in [7, 11) is 1.65. The molecule has 4 heterocycles. The van der Waals surface area contributed by atoms with Gasteiger partial charge in [0.1, 0.15) is 24.3 Å². The van der Waals surface area contributed by atoms with Crippen molar-refractivity contribution in [1.82, 2.24) is 19.7 Å². The number of aliphatic hydroxyl groups excluding tert-OH is 1. The Morgan fingerprint density at radius 3 is 2.91 bits per heavy atom. The lowest BCUT2D eigenvalue weighted by Crippen LogP contribution is -2.29. The normalized spacial score (nSPS) is 16.1. The van der Waals surface area contributed by atoms with Crippen LogP contribution >= 0.6 is 0 Å². The van der Waals surface area contributed by atoms with E-state index < -0.39 is 18.6 Å². The molecule has 0 radical (unpaired) electrons. The molecular formula is C21H22F3N7O4. The Bertz CT molecular complexity index is 1220. The van der Waals surface area contributed by atoms with Crippen LogP contribution in [0.5, 0.6) is 0 Å². The van der Waals surface area contributed by atoms with E-state index in [1.54, 1.807) is 13.2 Å². The first-order chi connectivity index (χ1) is 16.6. The summed E-state index contributed by atoms with van der Waals surface area (Å²) < 4.78 is 44.1. The Kier molecular flexibility index (Phi) is 6.73. The fraction of sp³-hybridized carbons (Fsp3) is 0.381. The van der Waals surface area contributed by atoms with Crippen LogP contribution in [0.4, 0.5) is 30.5 Å². The SMILES string of the molecule is Cn1cc(NC(=O)c2coc(-c3ccnc(NCC(F)(F)F)c3)n2)c(N2CCC(CCO)C2=O)n1. The van der Waals surface area contributed by atoms with E-state index in [2.05, 4.69) is 25.7 Å². The van der Waals surface area contributed by atoms with Gasteiger partial charge in [-0.25, -0.2) is 9.97 Å². The lowest BCUT2D eigenvalue weighted by Gasteiger charge is -2.15. The van der Waals surface area contributed by atoms with Gasteiger partial charge in [0.25, 0.3) is 5.91 Å². The molecule has 3 N–H and O–H groups in total. The van der Waals surface area contributed by atoms with E-state index in [-0.39, 0.29) is 41.7 Å². The molecule has 3 aromatic rings. The minimum atomic E-state index is -4.41. The number of rotatable bonds is 8. The summed E-state index contributed by atoms with van der Waals surface area (Å²) >= 11 is 0. The van der Waals surface area contributed by atoms with E-state index >= 15 is 0 Å². The molecule has 2 amide bonds. The monoisotopic (exact) mass is 493 g/mol. The molecule has 4 rings (SSSR count). The smallest absolute Gasteiger partial charge is 0.405 e. The molecule has 1 saturated heterocycles. The number of aliphatic hydroxyl groups is 1. The van der Waals surface area contributed by atoms with E-state index in [0.29, 0.717) is 30.6 Å². The van der Waals surface area contributed by atoms with Gasteiger partial charge >= 0.3 is 6.18 Å². The van der Waals surface area contributed by atoms with Gasteiger partial charge in [0.2, 0.25) is 11.8 Å². The van der Waals surface area contributed by atoms with Gasteiger partial charge in [0.05, 0.1) is 6.20 Å². The number of anilines is 3. The minimum Gasteiger partial charge on any atom is -0.444 e. The van der Waals surface area contributed by atoms with Crippen molar-refractivity contribution >= 4 is 29.1 Å². The fourth-order valence-electron chi connectivity index (χ4n) is 3.69. The van der Waals surface area contributed by atoms with Gasteiger partial charge in [-0.15, -0.1) is 0 Å². The maximum Gasteiger partial charge on any atom is 0.405 e. The number of aromatic nitrogens is 4. The highest BCUT2D eigenvalue weighted by atomic mass is 19.4. The Labute approximate surface area is 197 Å². The molecule has 1 unspecified atom stereocenters. The van der Waals surface area contributed by atoms with Gasteiger partial charge in [-0.2, -0.15) is 18.3 Å². The highest BCUT2D eigenvalue weighted by Gasteiger charge is 2.35. The molecule has 0 spiro atoms. The van der Waals surface area contributed by atoms with Gasteiger partial charge in [-0.1, -0.05) is 0 Å². The van der Waals surface area contributed by atoms with Crippen LogP contribution in [0.15, 0.2) is 35.2 Å². The Morgan fingerprint density at radius 1 is 1.37 bits per heavy atom. The Morgan fingerprint density at radius 2 is 2.17 bits per heavy atom. The number of aryl methyl sites for hydroxylation is 1. The second kappa shape index (κ2) is 9.74. The predicted molar refractivity (Wildman–Crippen MR) is 118 cm³/mol. The number of pyridine rings is 1. The van der Waals surface area contributed by atoms with Gasteiger partial charge in [0, 0.05) is 37.9 Å². The third kappa shape index (κ3) is 5.59. The summed E-state index contributed by atoms with van der Waals surface area (Å²) in [5, 5.41) is 18.3. The molecule has 14 heteroatoms. The lowest BCUT2D eigenvalue weighted by molar-refractivity contribution is -0.120. The Balaban J connectivity index is 1.48. The molecule has 1 fully saturated rings. The number of nitrogens with zero attached hydrogens (tertiary/aromatic N) is 5. The number of hydrogen-bond acceptors (Lipinski definition) is 8. The molecular weight excluding hydrogens is 471 g/mol. The number of halogens is 3. The fourth-order valence-corrected chi connectivity index (χ4v) is 3.69. The average Bonchev–Trinajstić information content (AvgIpc) is 3.52. The first kappa shape index (κ1) is 24.2. The molecule has 35 heavy (non-hydrogen) atoms. The van der Waals surface area contributed by atoms with Gasteiger partial charge in [-0.3, -0.25) is 19.2 Å². The highest BCUT2D eigenvalue weighted by molar-refractivity contribution is 6.06.